The lowest BCUT2D eigenvalue weighted by Gasteiger charge is -2.32. The zero-order valence-electron chi connectivity index (χ0n) is 15.1. The standard InChI is InChI=1S/C19H19N3O4S/c1-12-15-8-10-27-16(15)7-9-20(12)11-21-17(23)18(24)22(19(21)25)13-3-5-14(26-2)6-4-13/h3-6,8,10,12H,7,9,11H2,1-2H3/p+1/t12-/m0/s1. The molecule has 1 N–H and O–H groups in total. The maximum atomic E-state index is 12.8. The Hall–Kier alpha value is -2.71. The van der Waals surface area contributed by atoms with Gasteiger partial charge in [0.25, 0.3) is 0 Å². The van der Waals surface area contributed by atoms with Gasteiger partial charge in [0.15, 0.2) is 6.67 Å². The lowest BCUT2D eigenvalue weighted by Crippen LogP contribution is -3.14. The Morgan fingerprint density at radius 3 is 2.59 bits per heavy atom. The molecule has 4 rings (SSSR count). The Bertz CT molecular complexity index is 908. The van der Waals surface area contributed by atoms with E-state index in [9.17, 15) is 14.4 Å². The topological polar surface area (TPSA) is 71.4 Å². The molecule has 1 saturated heterocycles. The van der Waals surface area contributed by atoms with Crippen molar-refractivity contribution in [3.05, 3.63) is 46.2 Å². The van der Waals surface area contributed by atoms with Gasteiger partial charge in [-0.1, -0.05) is 0 Å². The largest absolute Gasteiger partial charge is 0.497 e. The first-order valence-electron chi connectivity index (χ1n) is 8.76. The number of amides is 4. The first-order chi connectivity index (χ1) is 13.0. The molecule has 3 heterocycles. The van der Waals surface area contributed by atoms with Gasteiger partial charge in [0.1, 0.15) is 11.8 Å². The number of hydrogen-bond donors (Lipinski definition) is 1. The maximum Gasteiger partial charge on any atom is 0.343 e. The summed E-state index contributed by atoms with van der Waals surface area (Å²) in [4.78, 5) is 42.2. The molecule has 1 aromatic heterocycles. The fourth-order valence-corrected chi connectivity index (χ4v) is 4.65. The van der Waals surface area contributed by atoms with Gasteiger partial charge in [-0.3, -0.25) is 9.59 Å². The number of benzene rings is 1. The number of quaternary nitrogens is 1. The number of urea groups is 1. The fraction of sp³-hybridized carbons (Fsp3) is 0.316. The highest BCUT2D eigenvalue weighted by Gasteiger charge is 2.47. The minimum atomic E-state index is -0.814. The summed E-state index contributed by atoms with van der Waals surface area (Å²) in [5.41, 5.74) is 1.63. The van der Waals surface area contributed by atoms with Crippen molar-refractivity contribution in [3.8, 4) is 5.75 Å². The van der Waals surface area contributed by atoms with Crippen LogP contribution in [0.4, 0.5) is 10.5 Å². The normalized spacial score (nSPS) is 22.4. The first-order valence-corrected chi connectivity index (χ1v) is 9.64. The molecule has 1 unspecified atom stereocenters. The quantitative estimate of drug-likeness (QED) is 0.633. The fourth-order valence-electron chi connectivity index (χ4n) is 3.67. The number of nitrogens with one attached hydrogen (secondary N) is 1. The highest BCUT2D eigenvalue weighted by atomic mass is 32.1. The van der Waals surface area contributed by atoms with Crippen LogP contribution in [0.3, 0.4) is 0 Å². The summed E-state index contributed by atoms with van der Waals surface area (Å²) in [7, 11) is 1.54. The zero-order valence-corrected chi connectivity index (χ0v) is 15.9. The van der Waals surface area contributed by atoms with Crippen LogP contribution in [0, 0.1) is 0 Å². The molecule has 7 nitrogen and oxygen atoms in total. The third-order valence-electron chi connectivity index (χ3n) is 5.28. The van der Waals surface area contributed by atoms with Gasteiger partial charge in [-0.2, -0.15) is 0 Å². The molecule has 0 saturated carbocycles. The summed E-state index contributed by atoms with van der Waals surface area (Å²) in [6, 6.07) is 8.18. The Morgan fingerprint density at radius 1 is 1.15 bits per heavy atom. The van der Waals surface area contributed by atoms with E-state index in [1.54, 1.807) is 35.6 Å². The third-order valence-corrected chi connectivity index (χ3v) is 6.27. The Kier molecular flexibility index (Phi) is 4.45. The number of fused-ring (bicyclic) bond motifs is 1. The van der Waals surface area contributed by atoms with Crippen LogP contribution in [0.1, 0.15) is 23.4 Å². The molecule has 8 heteroatoms. The van der Waals surface area contributed by atoms with Crippen molar-refractivity contribution >= 4 is 34.9 Å². The van der Waals surface area contributed by atoms with Crippen LogP contribution in [0.5, 0.6) is 5.75 Å². The van der Waals surface area contributed by atoms with E-state index < -0.39 is 17.8 Å². The first kappa shape index (κ1) is 17.7. The second-order valence-electron chi connectivity index (χ2n) is 6.69. The minimum Gasteiger partial charge on any atom is -0.497 e. The van der Waals surface area contributed by atoms with E-state index in [1.807, 2.05) is 0 Å². The number of thiophene rings is 1. The van der Waals surface area contributed by atoms with E-state index in [0.29, 0.717) is 11.4 Å². The van der Waals surface area contributed by atoms with Crippen LogP contribution >= 0.6 is 11.3 Å². The van der Waals surface area contributed by atoms with E-state index >= 15 is 0 Å². The van der Waals surface area contributed by atoms with Crippen molar-refractivity contribution < 1.29 is 24.0 Å². The van der Waals surface area contributed by atoms with E-state index in [1.165, 1.54) is 17.6 Å². The highest BCUT2D eigenvalue weighted by molar-refractivity contribution is 7.10. The maximum absolute atomic E-state index is 12.8. The van der Waals surface area contributed by atoms with Crippen molar-refractivity contribution in [3.63, 3.8) is 0 Å². The van der Waals surface area contributed by atoms with Crippen LogP contribution in [0.2, 0.25) is 0 Å². The van der Waals surface area contributed by atoms with E-state index in [0.717, 1.165) is 27.7 Å². The Balaban J connectivity index is 1.55. The van der Waals surface area contributed by atoms with Gasteiger partial charge in [0.2, 0.25) is 0 Å². The molecule has 2 atom stereocenters. The number of carbonyl (C=O) groups is 3. The predicted octanol–water partition coefficient (Wildman–Crippen LogP) is 1.21. The number of methoxy groups -OCH3 is 1. The van der Waals surface area contributed by atoms with Gasteiger partial charge in [-0.25, -0.2) is 14.6 Å². The molecule has 0 aliphatic carbocycles. The third kappa shape index (κ3) is 2.90. The molecule has 1 fully saturated rings. The number of rotatable bonds is 4. The average Bonchev–Trinajstić information content (AvgIpc) is 3.24. The summed E-state index contributed by atoms with van der Waals surface area (Å²) >= 11 is 1.74. The SMILES string of the molecule is COc1ccc(N2C(=O)C(=O)N(C[NH+]3CCc4sccc4[C@@H]3C)C2=O)cc1. The molecule has 0 spiro atoms. The summed E-state index contributed by atoms with van der Waals surface area (Å²) in [6.07, 6.45) is 0.916. The Labute approximate surface area is 160 Å². The van der Waals surface area contributed by atoms with Gasteiger partial charge in [0.05, 0.1) is 19.3 Å². The van der Waals surface area contributed by atoms with E-state index in [-0.39, 0.29) is 12.7 Å². The lowest BCUT2D eigenvalue weighted by molar-refractivity contribution is -0.938. The minimum absolute atomic E-state index is 0.172. The van der Waals surface area contributed by atoms with Crippen LogP contribution in [0.25, 0.3) is 0 Å². The van der Waals surface area contributed by atoms with E-state index in [4.69, 9.17) is 4.74 Å². The molecule has 2 aliphatic rings. The van der Waals surface area contributed by atoms with Gasteiger partial charge in [-0.15, -0.1) is 11.3 Å². The van der Waals surface area contributed by atoms with E-state index in [2.05, 4.69) is 18.4 Å². The molecular formula is C19H20N3O4S+. The van der Waals surface area contributed by atoms with Crippen molar-refractivity contribution in [2.75, 3.05) is 25.2 Å². The molecule has 140 valence electrons. The van der Waals surface area contributed by atoms with Gasteiger partial charge in [-0.05, 0) is 42.6 Å². The summed E-state index contributed by atoms with van der Waals surface area (Å²) in [5, 5.41) is 2.07. The van der Waals surface area contributed by atoms with Crippen molar-refractivity contribution in [1.82, 2.24) is 4.90 Å². The van der Waals surface area contributed by atoms with Crippen molar-refractivity contribution in [1.29, 1.82) is 0 Å². The summed E-state index contributed by atoms with van der Waals surface area (Å²) in [5.74, 6) is -0.976. The summed E-state index contributed by atoms with van der Waals surface area (Å²) < 4.78 is 5.09. The molecule has 2 aliphatic heterocycles. The second kappa shape index (κ2) is 6.79. The smallest absolute Gasteiger partial charge is 0.343 e. The molecule has 2 aromatic rings. The van der Waals surface area contributed by atoms with Gasteiger partial charge >= 0.3 is 17.8 Å². The number of nitrogens with zero attached hydrogens (tertiary/aromatic N) is 2. The molecule has 4 amide bonds. The van der Waals surface area contributed by atoms with Gasteiger partial charge < -0.3 is 9.64 Å². The molecule has 27 heavy (non-hydrogen) atoms. The number of anilines is 1. The van der Waals surface area contributed by atoms with Crippen LogP contribution < -0.4 is 14.5 Å². The van der Waals surface area contributed by atoms with Gasteiger partial charge in [0, 0.05) is 16.9 Å². The van der Waals surface area contributed by atoms with Crippen LogP contribution in [-0.4, -0.2) is 43.1 Å². The second-order valence-corrected chi connectivity index (χ2v) is 7.69. The van der Waals surface area contributed by atoms with Crippen molar-refractivity contribution in [2.45, 2.75) is 19.4 Å². The molecule has 1 aromatic carbocycles. The molecule has 0 radical (unpaired) electrons. The van der Waals surface area contributed by atoms with Crippen LogP contribution in [0.15, 0.2) is 35.7 Å². The highest BCUT2D eigenvalue weighted by Crippen LogP contribution is 2.26. The lowest BCUT2D eigenvalue weighted by atomic mass is 10.0. The number of hydrogen-bond acceptors (Lipinski definition) is 5. The molecule has 0 bridgehead atoms. The number of carbonyl (C=O) groups excluding carboxylic acids is 3. The molecular weight excluding hydrogens is 366 g/mol. The summed E-state index contributed by atoms with van der Waals surface area (Å²) in [6.45, 7) is 3.10. The average molecular weight is 386 g/mol. The predicted molar refractivity (Wildman–Crippen MR) is 99.9 cm³/mol. The monoisotopic (exact) mass is 386 g/mol. The number of imide groups is 2. The van der Waals surface area contributed by atoms with Crippen LogP contribution in [-0.2, 0) is 16.0 Å². The van der Waals surface area contributed by atoms with Crippen molar-refractivity contribution in [2.24, 2.45) is 0 Å². The Morgan fingerprint density at radius 2 is 1.89 bits per heavy atom. The zero-order chi connectivity index (χ0) is 19.1. The number of ether oxygens (including phenoxy) is 1.